The summed E-state index contributed by atoms with van der Waals surface area (Å²) in [5, 5.41) is 5.13. The number of hydrogen-bond acceptors (Lipinski definition) is 3. The minimum absolute atomic E-state index is 0.0776. The van der Waals surface area contributed by atoms with Crippen molar-refractivity contribution in [1.29, 1.82) is 0 Å². The lowest BCUT2D eigenvalue weighted by atomic mass is 10.1. The van der Waals surface area contributed by atoms with Gasteiger partial charge in [0.05, 0.1) is 11.9 Å². The number of urea groups is 1. The Bertz CT molecular complexity index is 781. The first-order valence-corrected chi connectivity index (χ1v) is 8.12. The SMILES string of the molecule is O=C(NCc1cccc(CN2CCCC2=O)c1)Nc1ccncc1F. The van der Waals surface area contributed by atoms with E-state index in [0.29, 0.717) is 19.5 Å². The van der Waals surface area contributed by atoms with Gasteiger partial charge in [0.25, 0.3) is 0 Å². The lowest BCUT2D eigenvalue weighted by Gasteiger charge is -2.16. The van der Waals surface area contributed by atoms with Crippen LogP contribution in [0, 0.1) is 5.82 Å². The van der Waals surface area contributed by atoms with Crippen molar-refractivity contribution in [3.63, 3.8) is 0 Å². The van der Waals surface area contributed by atoms with Crippen molar-refractivity contribution in [3.05, 3.63) is 59.7 Å². The van der Waals surface area contributed by atoms with Crippen LogP contribution in [0.3, 0.4) is 0 Å². The van der Waals surface area contributed by atoms with Crippen molar-refractivity contribution in [1.82, 2.24) is 15.2 Å². The fourth-order valence-corrected chi connectivity index (χ4v) is 2.75. The normalized spacial score (nSPS) is 13.8. The molecule has 1 saturated heterocycles. The summed E-state index contributed by atoms with van der Waals surface area (Å²) in [5.41, 5.74) is 2.01. The van der Waals surface area contributed by atoms with Crippen LogP contribution in [-0.4, -0.2) is 28.4 Å². The van der Waals surface area contributed by atoms with Crippen LogP contribution >= 0.6 is 0 Å². The molecule has 1 fully saturated rings. The first kappa shape index (κ1) is 16.9. The number of nitrogens with zero attached hydrogens (tertiary/aromatic N) is 2. The maximum absolute atomic E-state index is 13.5. The number of benzene rings is 1. The molecule has 0 saturated carbocycles. The number of carbonyl (C=O) groups is 2. The van der Waals surface area contributed by atoms with Crippen molar-refractivity contribution >= 4 is 17.6 Å². The summed E-state index contributed by atoms with van der Waals surface area (Å²) >= 11 is 0. The highest BCUT2D eigenvalue weighted by Crippen LogP contribution is 2.15. The lowest BCUT2D eigenvalue weighted by Crippen LogP contribution is -2.28. The van der Waals surface area contributed by atoms with Gasteiger partial charge in [0.1, 0.15) is 0 Å². The zero-order valence-electron chi connectivity index (χ0n) is 13.7. The van der Waals surface area contributed by atoms with E-state index >= 15 is 0 Å². The van der Waals surface area contributed by atoms with Crippen molar-refractivity contribution < 1.29 is 14.0 Å². The van der Waals surface area contributed by atoms with E-state index in [0.717, 1.165) is 30.3 Å². The summed E-state index contributed by atoms with van der Waals surface area (Å²) in [4.78, 5) is 29.1. The quantitative estimate of drug-likeness (QED) is 0.877. The van der Waals surface area contributed by atoms with Crippen LogP contribution in [0.5, 0.6) is 0 Å². The molecule has 0 bridgehead atoms. The Morgan fingerprint density at radius 2 is 2.12 bits per heavy atom. The molecule has 3 amide bonds. The Labute approximate surface area is 145 Å². The molecule has 130 valence electrons. The second-order valence-corrected chi connectivity index (χ2v) is 5.90. The van der Waals surface area contributed by atoms with E-state index in [1.807, 2.05) is 29.2 Å². The van der Waals surface area contributed by atoms with Gasteiger partial charge in [0.2, 0.25) is 5.91 Å². The largest absolute Gasteiger partial charge is 0.338 e. The van der Waals surface area contributed by atoms with Crippen molar-refractivity contribution in [2.24, 2.45) is 0 Å². The highest BCUT2D eigenvalue weighted by Gasteiger charge is 2.19. The minimum Gasteiger partial charge on any atom is -0.338 e. The van der Waals surface area contributed by atoms with Gasteiger partial charge in [-0.1, -0.05) is 24.3 Å². The van der Waals surface area contributed by atoms with Gasteiger partial charge in [-0.2, -0.15) is 0 Å². The molecule has 2 N–H and O–H groups in total. The van der Waals surface area contributed by atoms with Crippen LogP contribution in [0.4, 0.5) is 14.9 Å². The van der Waals surface area contributed by atoms with Crippen LogP contribution in [0.25, 0.3) is 0 Å². The van der Waals surface area contributed by atoms with Gasteiger partial charge in [0, 0.05) is 32.3 Å². The fourth-order valence-electron chi connectivity index (χ4n) is 2.75. The van der Waals surface area contributed by atoms with Gasteiger partial charge in [0.15, 0.2) is 5.82 Å². The third kappa shape index (κ3) is 4.53. The number of hydrogen-bond donors (Lipinski definition) is 2. The molecule has 1 aromatic carbocycles. The predicted octanol–water partition coefficient (Wildman–Crippen LogP) is 2.66. The molecular formula is C18H19FN4O2. The van der Waals surface area contributed by atoms with Gasteiger partial charge in [-0.3, -0.25) is 9.78 Å². The van der Waals surface area contributed by atoms with Crippen LogP contribution in [0.15, 0.2) is 42.7 Å². The molecule has 0 radical (unpaired) electrons. The molecule has 0 aliphatic carbocycles. The highest BCUT2D eigenvalue weighted by molar-refractivity contribution is 5.89. The highest BCUT2D eigenvalue weighted by atomic mass is 19.1. The molecule has 1 aromatic heterocycles. The number of nitrogens with one attached hydrogen (secondary N) is 2. The Balaban J connectivity index is 1.54. The van der Waals surface area contributed by atoms with Crippen LogP contribution < -0.4 is 10.6 Å². The minimum atomic E-state index is -0.588. The van der Waals surface area contributed by atoms with E-state index in [4.69, 9.17) is 0 Å². The second kappa shape index (κ2) is 7.74. The van der Waals surface area contributed by atoms with Crippen molar-refractivity contribution in [3.8, 4) is 0 Å². The maximum atomic E-state index is 13.5. The third-order valence-electron chi connectivity index (χ3n) is 4.01. The zero-order valence-corrected chi connectivity index (χ0v) is 13.7. The van der Waals surface area contributed by atoms with Gasteiger partial charge in [-0.15, -0.1) is 0 Å². The Morgan fingerprint density at radius 3 is 2.88 bits per heavy atom. The lowest BCUT2D eigenvalue weighted by molar-refractivity contribution is -0.128. The molecule has 1 aliphatic rings. The van der Waals surface area contributed by atoms with Crippen LogP contribution in [0.1, 0.15) is 24.0 Å². The number of carbonyl (C=O) groups excluding carboxylic acids is 2. The molecule has 25 heavy (non-hydrogen) atoms. The number of anilines is 1. The Hall–Kier alpha value is -2.96. The predicted molar refractivity (Wildman–Crippen MR) is 91.1 cm³/mol. The third-order valence-corrected chi connectivity index (χ3v) is 4.01. The molecule has 2 heterocycles. The molecule has 0 atom stereocenters. The van der Waals surface area contributed by atoms with Gasteiger partial charge < -0.3 is 15.5 Å². The number of amides is 3. The summed E-state index contributed by atoms with van der Waals surface area (Å²) in [7, 11) is 0. The molecule has 0 unspecified atom stereocenters. The number of rotatable bonds is 5. The molecule has 1 aliphatic heterocycles. The molecule has 7 heteroatoms. The summed E-state index contributed by atoms with van der Waals surface area (Å²) in [6, 6.07) is 8.60. The molecule has 2 aromatic rings. The van der Waals surface area contributed by atoms with Crippen molar-refractivity contribution in [2.75, 3.05) is 11.9 Å². The fraction of sp³-hybridized carbons (Fsp3) is 0.278. The van der Waals surface area contributed by atoms with E-state index in [1.165, 1.54) is 12.3 Å². The molecular weight excluding hydrogens is 323 g/mol. The van der Waals surface area contributed by atoms with E-state index < -0.39 is 11.8 Å². The van der Waals surface area contributed by atoms with E-state index in [2.05, 4.69) is 15.6 Å². The first-order valence-electron chi connectivity index (χ1n) is 8.12. The average Bonchev–Trinajstić information content (AvgIpc) is 3.00. The molecule has 6 nitrogen and oxygen atoms in total. The topological polar surface area (TPSA) is 74.3 Å². The second-order valence-electron chi connectivity index (χ2n) is 5.90. The maximum Gasteiger partial charge on any atom is 0.319 e. The number of pyridine rings is 1. The summed E-state index contributed by atoms with van der Waals surface area (Å²) in [5.74, 6) is -0.405. The number of aromatic nitrogens is 1. The summed E-state index contributed by atoms with van der Waals surface area (Å²) < 4.78 is 13.5. The van der Waals surface area contributed by atoms with Gasteiger partial charge >= 0.3 is 6.03 Å². The van der Waals surface area contributed by atoms with Crippen molar-refractivity contribution in [2.45, 2.75) is 25.9 Å². The van der Waals surface area contributed by atoms with E-state index in [1.54, 1.807) is 0 Å². The summed E-state index contributed by atoms with van der Waals surface area (Å²) in [6.07, 6.45) is 3.97. The smallest absolute Gasteiger partial charge is 0.319 e. The standard InChI is InChI=1S/C18H19FN4O2/c19-15-11-20-7-6-16(15)22-18(25)21-10-13-3-1-4-14(9-13)12-23-8-2-5-17(23)24/h1,3-4,6-7,9,11H,2,5,8,10,12H2,(H2,20,21,22,25). The zero-order chi connectivity index (χ0) is 17.6. The van der Waals surface area contributed by atoms with E-state index in [9.17, 15) is 14.0 Å². The van der Waals surface area contributed by atoms with Crippen LogP contribution in [-0.2, 0) is 17.9 Å². The monoisotopic (exact) mass is 342 g/mol. The van der Waals surface area contributed by atoms with Gasteiger partial charge in [-0.25, -0.2) is 9.18 Å². The Morgan fingerprint density at radius 1 is 1.28 bits per heavy atom. The van der Waals surface area contributed by atoms with Crippen LogP contribution in [0.2, 0.25) is 0 Å². The van der Waals surface area contributed by atoms with E-state index in [-0.39, 0.29) is 11.6 Å². The number of likely N-dealkylation sites (tertiary alicyclic amines) is 1. The average molecular weight is 342 g/mol. The molecule has 3 rings (SSSR count). The Kier molecular flexibility index (Phi) is 5.23. The number of halogens is 1. The summed E-state index contributed by atoms with van der Waals surface area (Å²) in [6.45, 7) is 1.68. The molecule has 0 spiro atoms. The first-order chi connectivity index (χ1) is 12.1. The van der Waals surface area contributed by atoms with Gasteiger partial charge in [-0.05, 0) is 23.6 Å².